The van der Waals surface area contributed by atoms with Gasteiger partial charge < -0.3 is 5.73 Å². The van der Waals surface area contributed by atoms with Crippen LogP contribution in [0, 0.1) is 11.8 Å². The van der Waals surface area contributed by atoms with Gasteiger partial charge in [-0.15, -0.1) is 0 Å². The van der Waals surface area contributed by atoms with Crippen molar-refractivity contribution in [2.75, 3.05) is 19.6 Å². The highest BCUT2D eigenvalue weighted by molar-refractivity contribution is 8.00. The summed E-state index contributed by atoms with van der Waals surface area (Å²) in [6.07, 6.45) is 3.99. The molecule has 2 fully saturated rings. The molecule has 1 aliphatic heterocycles. The Morgan fingerprint density at radius 2 is 1.56 bits per heavy atom. The maximum Gasteiger partial charge on any atom is 0.0337 e. The van der Waals surface area contributed by atoms with Crippen LogP contribution in [0.25, 0.3) is 0 Å². The lowest BCUT2D eigenvalue weighted by molar-refractivity contribution is 0.0183. The van der Waals surface area contributed by atoms with Gasteiger partial charge in [0.05, 0.1) is 0 Å². The van der Waals surface area contributed by atoms with Crippen LogP contribution >= 0.6 is 11.8 Å². The van der Waals surface area contributed by atoms with Crippen molar-refractivity contribution in [3.63, 3.8) is 0 Å². The van der Waals surface area contributed by atoms with Gasteiger partial charge in [0.2, 0.25) is 0 Å². The molecule has 2 rings (SSSR count). The molecule has 0 aromatic carbocycles. The van der Waals surface area contributed by atoms with E-state index in [0.29, 0.717) is 5.54 Å². The van der Waals surface area contributed by atoms with Gasteiger partial charge in [0, 0.05) is 35.7 Å². The predicted molar refractivity (Wildman–Crippen MR) is 82.1 cm³/mol. The summed E-state index contributed by atoms with van der Waals surface area (Å²) in [4.78, 5) is 2.74. The molecule has 4 atom stereocenters. The van der Waals surface area contributed by atoms with Gasteiger partial charge >= 0.3 is 0 Å². The SMILES string of the molecule is CC1CC(C)CC(CN)(N2CC(C)SC(C)C2)C1. The quantitative estimate of drug-likeness (QED) is 0.836. The summed E-state index contributed by atoms with van der Waals surface area (Å²) in [5.41, 5.74) is 6.53. The Labute approximate surface area is 117 Å². The first kappa shape index (κ1) is 14.7. The Morgan fingerprint density at radius 1 is 1.06 bits per heavy atom. The molecular formula is C15H30N2S. The number of nitrogens with two attached hydrogens (primary N) is 1. The maximum atomic E-state index is 6.24. The summed E-state index contributed by atoms with van der Waals surface area (Å²) in [5.74, 6) is 1.66. The van der Waals surface area contributed by atoms with Gasteiger partial charge in [-0.2, -0.15) is 11.8 Å². The lowest BCUT2D eigenvalue weighted by atomic mass is 9.70. The monoisotopic (exact) mass is 270 g/mol. The average Bonchev–Trinajstić information content (AvgIpc) is 2.26. The first-order chi connectivity index (χ1) is 8.45. The van der Waals surface area contributed by atoms with E-state index < -0.39 is 0 Å². The molecule has 0 radical (unpaired) electrons. The second kappa shape index (κ2) is 5.72. The maximum absolute atomic E-state index is 6.24. The molecule has 0 aromatic heterocycles. The molecule has 2 N–H and O–H groups in total. The lowest BCUT2D eigenvalue weighted by Crippen LogP contribution is -2.61. The fraction of sp³-hybridized carbons (Fsp3) is 1.00. The molecule has 1 aliphatic carbocycles. The Kier molecular flexibility index (Phi) is 4.66. The zero-order valence-electron chi connectivity index (χ0n) is 12.5. The second-order valence-electron chi connectivity index (χ2n) is 6.95. The smallest absolute Gasteiger partial charge is 0.0337 e. The minimum atomic E-state index is 0.292. The highest BCUT2D eigenvalue weighted by Gasteiger charge is 2.43. The molecular weight excluding hydrogens is 240 g/mol. The molecule has 106 valence electrons. The van der Waals surface area contributed by atoms with Crippen LogP contribution < -0.4 is 5.73 Å². The fourth-order valence-electron chi connectivity index (χ4n) is 4.35. The summed E-state index contributed by atoms with van der Waals surface area (Å²) < 4.78 is 0. The zero-order chi connectivity index (χ0) is 13.3. The van der Waals surface area contributed by atoms with E-state index in [1.54, 1.807) is 0 Å². The topological polar surface area (TPSA) is 29.3 Å². The van der Waals surface area contributed by atoms with E-state index in [9.17, 15) is 0 Å². The number of hydrogen-bond donors (Lipinski definition) is 1. The third kappa shape index (κ3) is 3.05. The van der Waals surface area contributed by atoms with Gasteiger partial charge in [-0.1, -0.05) is 27.7 Å². The van der Waals surface area contributed by atoms with Gasteiger partial charge in [0.1, 0.15) is 0 Å². The molecule has 1 saturated carbocycles. The third-order valence-corrected chi connectivity index (χ3v) is 5.96. The van der Waals surface area contributed by atoms with Crippen LogP contribution in [-0.4, -0.2) is 40.6 Å². The van der Waals surface area contributed by atoms with Gasteiger partial charge in [-0.3, -0.25) is 4.90 Å². The standard InChI is InChI=1S/C15H30N2S/c1-11-5-12(2)7-15(6-11,10-16)17-8-13(3)18-14(4)9-17/h11-14H,5-10,16H2,1-4H3. The number of nitrogens with zero attached hydrogens (tertiary/aromatic N) is 1. The van der Waals surface area contributed by atoms with E-state index in [0.717, 1.165) is 28.9 Å². The summed E-state index contributed by atoms with van der Waals surface area (Å²) in [6.45, 7) is 12.8. The van der Waals surface area contributed by atoms with E-state index in [2.05, 4.69) is 44.4 Å². The van der Waals surface area contributed by atoms with E-state index in [4.69, 9.17) is 5.73 Å². The van der Waals surface area contributed by atoms with Crippen LogP contribution in [-0.2, 0) is 0 Å². The lowest BCUT2D eigenvalue weighted by Gasteiger charge is -2.53. The largest absolute Gasteiger partial charge is 0.329 e. The highest BCUT2D eigenvalue weighted by atomic mass is 32.2. The molecule has 4 unspecified atom stereocenters. The van der Waals surface area contributed by atoms with Crippen molar-refractivity contribution < 1.29 is 0 Å². The van der Waals surface area contributed by atoms with Gasteiger partial charge in [0.15, 0.2) is 0 Å². The molecule has 0 bridgehead atoms. The minimum Gasteiger partial charge on any atom is -0.329 e. The molecule has 0 spiro atoms. The van der Waals surface area contributed by atoms with Gasteiger partial charge in [0.25, 0.3) is 0 Å². The Bertz CT molecular complexity index is 262. The molecule has 1 saturated heterocycles. The molecule has 0 amide bonds. The van der Waals surface area contributed by atoms with E-state index in [-0.39, 0.29) is 0 Å². The van der Waals surface area contributed by atoms with Crippen LogP contribution in [0.4, 0.5) is 0 Å². The summed E-state index contributed by atoms with van der Waals surface area (Å²) in [5, 5.41) is 1.51. The zero-order valence-corrected chi connectivity index (χ0v) is 13.3. The van der Waals surface area contributed by atoms with E-state index >= 15 is 0 Å². The summed E-state index contributed by atoms with van der Waals surface area (Å²) in [6, 6.07) is 0. The van der Waals surface area contributed by atoms with Crippen molar-refractivity contribution in [1.29, 1.82) is 0 Å². The van der Waals surface area contributed by atoms with E-state index in [1.807, 2.05) is 0 Å². The predicted octanol–water partition coefficient (Wildman–Crippen LogP) is 2.97. The van der Waals surface area contributed by atoms with E-state index in [1.165, 1.54) is 32.4 Å². The van der Waals surface area contributed by atoms with Crippen molar-refractivity contribution in [3.05, 3.63) is 0 Å². The summed E-state index contributed by atoms with van der Waals surface area (Å²) in [7, 11) is 0. The normalized spacial score (nSPS) is 47.2. The van der Waals surface area contributed by atoms with Crippen molar-refractivity contribution in [2.45, 2.75) is 63.0 Å². The van der Waals surface area contributed by atoms with Crippen LogP contribution in [0.1, 0.15) is 47.0 Å². The van der Waals surface area contributed by atoms with Crippen molar-refractivity contribution in [2.24, 2.45) is 17.6 Å². The fourth-order valence-corrected chi connectivity index (χ4v) is 5.68. The Hall–Kier alpha value is 0.270. The molecule has 1 heterocycles. The second-order valence-corrected chi connectivity index (χ2v) is 8.83. The minimum absolute atomic E-state index is 0.292. The van der Waals surface area contributed by atoms with Crippen LogP contribution in [0.3, 0.4) is 0 Å². The Morgan fingerprint density at radius 3 is 2.00 bits per heavy atom. The molecule has 2 aliphatic rings. The Balaban J connectivity index is 2.15. The molecule has 18 heavy (non-hydrogen) atoms. The average molecular weight is 270 g/mol. The molecule has 2 nitrogen and oxygen atoms in total. The summed E-state index contributed by atoms with van der Waals surface area (Å²) >= 11 is 2.14. The van der Waals surface area contributed by atoms with Gasteiger partial charge in [-0.05, 0) is 31.1 Å². The third-order valence-electron chi connectivity index (χ3n) is 4.73. The van der Waals surface area contributed by atoms with Gasteiger partial charge in [-0.25, -0.2) is 0 Å². The van der Waals surface area contributed by atoms with Crippen LogP contribution in [0.5, 0.6) is 0 Å². The van der Waals surface area contributed by atoms with Crippen LogP contribution in [0.2, 0.25) is 0 Å². The number of hydrogen-bond acceptors (Lipinski definition) is 3. The number of thioether (sulfide) groups is 1. The van der Waals surface area contributed by atoms with Crippen LogP contribution in [0.15, 0.2) is 0 Å². The highest BCUT2D eigenvalue weighted by Crippen LogP contribution is 2.41. The van der Waals surface area contributed by atoms with Crippen molar-refractivity contribution >= 4 is 11.8 Å². The first-order valence-electron chi connectivity index (χ1n) is 7.56. The van der Waals surface area contributed by atoms with Crippen molar-refractivity contribution in [1.82, 2.24) is 4.90 Å². The first-order valence-corrected chi connectivity index (χ1v) is 8.50. The van der Waals surface area contributed by atoms with Crippen molar-refractivity contribution in [3.8, 4) is 0 Å². The molecule has 3 heteroatoms. The number of rotatable bonds is 2. The molecule has 0 aromatic rings.